The molecule has 14 heavy (non-hydrogen) atoms. The van der Waals surface area contributed by atoms with Gasteiger partial charge in [-0.1, -0.05) is 0 Å². The van der Waals surface area contributed by atoms with Gasteiger partial charge >= 0.3 is 12.0 Å². The van der Waals surface area contributed by atoms with Crippen molar-refractivity contribution in [2.24, 2.45) is 5.92 Å². The van der Waals surface area contributed by atoms with Gasteiger partial charge in [0.15, 0.2) is 0 Å². The van der Waals surface area contributed by atoms with E-state index in [-0.39, 0.29) is 18.0 Å². The molecule has 0 aromatic heterocycles. The zero-order valence-corrected chi connectivity index (χ0v) is 8.25. The van der Waals surface area contributed by atoms with Crippen molar-refractivity contribution in [1.82, 2.24) is 10.6 Å². The predicted octanol–water partition coefficient (Wildman–Crippen LogP) is 0.559. The molecule has 0 unspecified atom stereocenters. The number of amides is 2. The summed E-state index contributed by atoms with van der Waals surface area (Å²) in [7, 11) is 0. The molecule has 2 atom stereocenters. The largest absolute Gasteiger partial charge is 0.481 e. The number of carboxylic acid groups (broad SMARTS) is 1. The summed E-state index contributed by atoms with van der Waals surface area (Å²) in [5, 5.41) is 14.1. The van der Waals surface area contributed by atoms with Crippen molar-refractivity contribution < 1.29 is 14.7 Å². The smallest absolute Gasteiger partial charge is 0.314 e. The van der Waals surface area contributed by atoms with Crippen LogP contribution in [0.3, 0.4) is 0 Å². The lowest BCUT2D eigenvalue weighted by molar-refractivity contribution is -0.141. The number of nitrogens with one attached hydrogen (secondary N) is 2. The SMILES string of the molecule is CCNC(=O)N[C@H]1CC[C@@H](C(=O)O)C1. The summed E-state index contributed by atoms with van der Waals surface area (Å²) >= 11 is 0. The van der Waals surface area contributed by atoms with Gasteiger partial charge in [-0.15, -0.1) is 0 Å². The molecule has 1 aliphatic rings. The zero-order valence-electron chi connectivity index (χ0n) is 8.25. The Morgan fingerprint density at radius 1 is 1.43 bits per heavy atom. The van der Waals surface area contributed by atoms with Gasteiger partial charge in [0.1, 0.15) is 0 Å². The quantitative estimate of drug-likeness (QED) is 0.622. The first kappa shape index (κ1) is 10.8. The summed E-state index contributed by atoms with van der Waals surface area (Å²) in [4.78, 5) is 21.7. The van der Waals surface area contributed by atoms with Gasteiger partial charge < -0.3 is 15.7 Å². The molecule has 1 rings (SSSR count). The summed E-state index contributed by atoms with van der Waals surface area (Å²) in [6.07, 6.45) is 1.97. The van der Waals surface area contributed by atoms with E-state index in [1.165, 1.54) is 0 Å². The van der Waals surface area contributed by atoms with Crippen molar-refractivity contribution in [2.75, 3.05) is 6.54 Å². The molecule has 0 radical (unpaired) electrons. The summed E-state index contributed by atoms with van der Waals surface area (Å²) in [5.74, 6) is -1.05. The molecule has 3 N–H and O–H groups in total. The summed E-state index contributed by atoms with van der Waals surface area (Å²) in [5.41, 5.74) is 0. The maximum atomic E-state index is 11.1. The predicted molar refractivity (Wildman–Crippen MR) is 51.0 cm³/mol. The van der Waals surface area contributed by atoms with Gasteiger partial charge in [0.2, 0.25) is 0 Å². The average Bonchev–Trinajstić information content (AvgIpc) is 2.53. The lowest BCUT2D eigenvalue weighted by atomic mass is 10.1. The van der Waals surface area contributed by atoms with Crippen LogP contribution >= 0.6 is 0 Å². The van der Waals surface area contributed by atoms with Crippen LogP contribution in [-0.4, -0.2) is 29.7 Å². The van der Waals surface area contributed by atoms with Crippen LogP contribution in [0.2, 0.25) is 0 Å². The van der Waals surface area contributed by atoms with Gasteiger partial charge in [0, 0.05) is 12.6 Å². The first-order valence-corrected chi connectivity index (χ1v) is 4.90. The Hall–Kier alpha value is -1.26. The Labute approximate surface area is 82.9 Å². The first-order valence-electron chi connectivity index (χ1n) is 4.90. The topological polar surface area (TPSA) is 78.4 Å². The molecule has 5 nitrogen and oxygen atoms in total. The molecule has 0 saturated heterocycles. The zero-order chi connectivity index (χ0) is 10.6. The molecule has 1 aliphatic carbocycles. The minimum Gasteiger partial charge on any atom is -0.481 e. The lowest BCUT2D eigenvalue weighted by Crippen LogP contribution is -2.41. The molecule has 80 valence electrons. The molecule has 1 fully saturated rings. The Kier molecular flexibility index (Phi) is 3.73. The Morgan fingerprint density at radius 2 is 2.14 bits per heavy atom. The third-order valence-electron chi connectivity index (χ3n) is 2.45. The van der Waals surface area contributed by atoms with Gasteiger partial charge in [-0.25, -0.2) is 4.79 Å². The van der Waals surface area contributed by atoms with E-state index in [4.69, 9.17) is 5.11 Å². The molecular weight excluding hydrogens is 184 g/mol. The highest BCUT2D eigenvalue weighted by Gasteiger charge is 2.30. The van der Waals surface area contributed by atoms with Gasteiger partial charge in [0.05, 0.1) is 5.92 Å². The van der Waals surface area contributed by atoms with Crippen molar-refractivity contribution in [3.8, 4) is 0 Å². The summed E-state index contributed by atoms with van der Waals surface area (Å²) in [6, 6.07) is -0.189. The fraction of sp³-hybridized carbons (Fsp3) is 0.778. The minimum atomic E-state index is -0.759. The molecule has 1 saturated carbocycles. The molecule has 5 heteroatoms. The van der Waals surface area contributed by atoms with E-state index in [0.717, 1.165) is 6.42 Å². The van der Waals surface area contributed by atoms with Crippen LogP contribution in [0.1, 0.15) is 26.2 Å². The fourth-order valence-corrected chi connectivity index (χ4v) is 1.73. The fourth-order valence-electron chi connectivity index (χ4n) is 1.73. The van der Waals surface area contributed by atoms with Gasteiger partial charge in [-0.05, 0) is 26.2 Å². The van der Waals surface area contributed by atoms with Crippen LogP contribution in [0.15, 0.2) is 0 Å². The second-order valence-corrected chi connectivity index (χ2v) is 3.55. The van der Waals surface area contributed by atoms with Crippen LogP contribution in [-0.2, 0) is 4.79 Å². The van der Waals surface area contributed by atoms with Crippen LogP contribution < -0.4 is 10.6 Å². The van der Waals surface area contributed by atoms with E-state index < -0.39 is 5.97 Å². The Morgan fingerprint density at radius 3 is 2.64 bits per heavy atom. The van der Waals surface area contributed by atoms with Gasteiger partial charge in [0.25, 0.3) is 0 Å². The highest BCUT2D eigenvalue weighted by Crippen LogP contribution is 2.25. The van der Waals surface area contributed by atoms with Crippen molar-refractivity contribution in [3.05, 3.63) is 0 Å². The molecule has 0 aliphatic heterocycles. The van der Waals surface area contributed by atoms with E-state index in [0.29, 0.717) is 19.4 Å². The van der Waals surface area contributed by atoms with Crippen molar-refractivity contribution >= 4 is 12.0 Å². The number of urea groups is 1. The Bertz CT molecular complexity index is 230. The number of carbonyl (C=O) groups excluding carboxylic acids is 1. The molecule has 0 aromatic rings. The standard InChI is InChI=1S/C9H16N2O3/c1-2-10-9(14)11-7-4-3-6(5-7)8(12)13/h6-7H,2-5H2,1H3,(H,12,13)(H2,10,11,14)/t6-,7+/m1/s1. The maximum Gasteiger partial charge on any atom is 0.314 e. The number of carbonyl (C=O) groups is 2. The Balaban J connectivity index is 2.28. The molecule has 0 spiro atoms. The lowest BCUT2D eigenvalue weighted by Gasteiger charge is -2.12. The van der Waals surface area contributed by atoms with Crippen LogP contribution in [0.5, 0.6) is 0 Å². The van der Waals surface area contributed by atoms with Crippen LogP contribution in [0, 0.1) is 5.92 Å². The third kappa shape index (κ3) is 2.90. The maximum absolute atomic E-state index is 11.1. The van der Waals surface area contributed by atoms with Gasteiger partial charge in [-0.3, -0.25) is 4.79 Å². The minimum absolute atomic E-state index is 0.0163. The van der Waals surface area contributed by atoms with E-state index in [9.17, 15) is 9.59 Å². The number of aliphatic carboxylic acids is 1. The molecule has 0 bridgehead atoms. The second-order valence-electron chi connectivity index (χ2n) is 3.55. The number of carboxylic acids is 1. The van der Waals surface area contributed by atoms with E-state index in [1.807, 2.05) is 6.92 Å². The third-order valence-corrected chi connectivity index (χ3v) is 2.45. The summed E-state index contributed by atoms with van der Waals surface area (Å²) < 4.78 is 0. The average molecular weight is 200 g/mol. The molecular formula is C9H16N2O3. The van der Waals surface area contributed by atoms with Crippen molar-refractivity contribution in [2.45, 2.75) is 32.2 Å². The number of hydrogen-bond acceptors (Lipinski definition) is 2. The van der Waals surface area contributed by atoms with E-state index in [1.54, 1.807) is 0 Å². The monoisotopic (exact) mass is 200 g/mol. The van der Waals surface area contributed by atoms with Crippen LogP contribution in [0.25, 0.3) is 0 Å². The van der Waals surface area contributed by atoms with Crippen molar-refractivity contribution in [3.63, 3.8) is 0 Å². The highest BCUT2D eigenvalue weighted by atomic mass is 16.4. The number of hydrogen-bond donors (Lipinski definition) is 3. The first-order chi connectivity index (χ1) is 6.63. The van der Waals surface area contributed by atoms with Crippen molar-refractivity contribution in [1.29, 1.82) is 0 Å². The summed E-state index contributed by atoms with van der Waals surface area (Å²) in [6.45, 7) is 2.43. The van der Waals surface area contributed by atoms with E-state index >= 15 is 0 Å². The second kappa shape index (κ2) is 4.83. The van der Waals surface area contributed by atoms with Crippen LogP contribution in [0.4, 0.5) is 4.79 Å². The van der Waals surface area contributed by atoms with E-state index in [2.05, 4.69) is 10.6 Å². The molecule has 0 aromatic carbocycles. The molecule has 0 heterocycles. The normalized spacial score (nSPS) is 25.8. The number of rotatable bonds is 3. The highest BCUT2D eigenvalue weighted by molar-refractivity contribution is 5.75. The van der Waals surface area contributed by atoms with Gasteiger partial charge in [-0.2, -0.15) is 0 Å². The molecule has 2 amide bonds.